The number of hydrogen-bond donors (Lipinski definition) is 1. The van der Waals surface area contributed by atoms with E-state index >= 15 is 0 Å². The van der Waals surface area contributed by atoms with Gasteiger partial charge in [-0.25, -0.2) is 0 Å². The Kier molecular flexibility index (Phi) is 11.3. The average Bonchev–Trinajstić information content (AvgIpc) is 3.00. The minimum absolute atomic E-state index is 0.104. The fourth-order valence-corrected chi connectivity index (χ4v) is 4.14. The van der Waals surface area contributed by atoms with Gasteiger partial charge in [0, 0.05) is 0 Å². The lowest BCUT2D eigenvalue weighted by atomic mass is 10.1. The second kappa shape index (κ2) is 15.6. The van der Waals surface area contributed by atoms with Gasteiger partial charge in [0.05, 0.1) is 33.5 Å². The maximum atomic E-state index is 11.3. The van der Waals surface area contributed by atoms with Gasteiger partial charge in [0.1, 0.15) is 24.1 Å². The van der Waals surface area contributed by atoms with Gasteiger partial charge < -0.3 is 24.1 Å². The summed E-state index contributed by atoms with van der Waals surface area (Å²) in [7, 11) is 1.65. The first-order valence-corrected chi connectivity index (χ1v) is 13.1. The number of rotatable bonds is 15. The van der Waals surface area contributed by atoms with Crippen LogP contribution in [0.3, 0.4) is 0 Å². The molecule has 39 heavy (non-hydrogen) atoms. The van der Waals surface area contributed by atoms with Crippen molar-refractivity contribution in [2.24, 2.45) is 0 Å². The van der Waals surface area contributed by atoms with Crippen LogP contribution >= 0.6 is 0 Å². The van der Waals surface area contributed by atoms with E-state index in [1.54, 1.807) is 7.11 Å². The van der Waals surface area contributed by atoms with Gasteiger partial charge in [0.15, 0.2) is 0 Å². The molecule has 0 saturated carbocycles. The molecule has 4 rings (SSSR count). The lowest BCUT2D eigenvalue weighted by molar-refractivity contribution is -0.133. The summed E-state index contributed by atoms with van der Waals surface area (Å²) >= 11 is 0. The fourth-order valence-electron chi connectivity index (χ4n) is 4.14. The highest BCUT2D eigenvalue weighted by atomic mass is 16.6. The molecule has 0 saturated heterocycles. The molecular weight excluding hydrogens is 488 g/mol. The molecule has 0 aliphatic rings. The van der Waals surface area contributed by atoms with E-state index < -0.39 is 18.3 Å². The maximum absolute atomic E-state index is 11.3. The van der Waals surface area contributed by atoms with Crippen LogP contribution < -0.4 is 4.74 Å². The van der Waals surface area contributed by atoms with Crippen LogP contribution in [0.5, 0.6) is 5.75 Å². The number of hydrogen-bond acceptors (Lipinski definition) is 5. The number of aliphatic hydroxyl groups is 1. The van der Waals surface area contributed by atoms with Gasteiger partial charge in [-0.1, -0.05) is 115 Å². The third-order valence-corrected chi connectivity index (χ3v) is 6.25. The van der Waals surface area contributed by atoms with Crippen molar-refractivity contribution in [1.82, 2.24) is 0 Å². The molecule has 0 spiro atoms. The predicted molar refractivity (Wildman–Crippen MR) is 154 cm³/mol. The van der Waals surface area contributed by atoms with Gasteiger partial charge in [-0.2, -0.15) is 0 Å². The highest BCUT2D eigenvalue weighted by Crippen LogP contribution is 2.20. The highest BCUT2D eigenvalue weighted by Gasteiger charge is 2.29. The van der Waals surface area contributed by atoms with E-state index in [0.717, 1.165) is 28.0 Å². The number of aliphatic hydroxyl groups excluding tert-OH is 1. The summed E-state index contributed by atoms with van der Waals surface area (Å²) in [4.78, 5) is 0. The van der Waals surface area contributed by atoms with Gasteiger partial charge in [-0.05, 0) is 34.4 Å². The molecule has 0 aromatic heterocycles. The zero-order chi connectivity index (χ0) is 27.1. The number of benzene rings is 4. The van der Waals surface area contributed by atoms with Crippen LogP contribution in [0.25, 0.3) is 6.08 Å². The van der Waals surface area contributed by atoms with Crippen molar-refractivity contribution >= 4 is 6.08 Å². The van der Waals surface area contributed by atoms with Crippen LogP contribution in [-0.2, 0) is 34.0 Å². The van der Waals surface area contributed by atoms with Gasteiger partial charge in [-0.3, -0.25) is 0 Å². The molecule has 0 aliphatic carbocycles. The summed E-state index contributed by atoms with van der Waals surface area (Å²) in [5, 5.41) is 11.3. The Bertz CT molecular complexity index is 1240. The molecule has 0 amide bonds. The molecule has 0 bridgehead atoms. The van der Waals surface area contributed by atoms with Crippen molar-refractivity contribution in [3.05, 3.63) is 144 Å². The monoisotopic (exact) mass is 524 g/mol. The Morgan fingerprint density at radius 2 is 1.23 bits per heavy atom. The van der Waals surface area contributed by atoms with E-state index in [0.29, 0.717) is 19.8 Å². The molecule has 0 radical (unpaired) electrons. The van der Waals surface area contributed by atoms with E-state index in [1.165, 1.54) is 0 Å². The number of methoxy groups -OCH3 is 1. The summed E-state index contributed by atoms with van der Waals surface area (Å²) in [5.74, 6) is 0.769. The third-order valence-electron chi connectivity index (χ3n) is 6.25. The Morgan fingerprint density at radius 3 is 1.82 bits per heavy atom. The van der Waals surface area contributed by atoms with Crippen molar-refractivity contribution < 1.29 is 24.1 Å². The smallest absolute Gasteiger partial charge is 0.119 e. The Balaban J connectivity index is 1.54. The van der Waals surface area contributed by atoms with Crippen molar-refractivity contribution in [2.75, 3.05) is 13.7 Å². The first kappa shape index (κ1) is 28.3. The van der Waals surface area contributed by atoms with Gasteiger partial charge >= 0.3 is 0 Å². The molecule has 3 atom stereocenters. The molecule has 5 heteroatoms. The normalized spacial score (nSPS) is 13.7. The van der Waals surface area contributed by atoms with Crippen LogP contribution in [0.4, 0.5) is 0 Å². The molecule has 5 nitrogen and oxygen atoms in total. The van der Waals surface area contributed by atoms with Crippen molar-refractivity contribution in [3.8, 4) is 5.75 Å². The molecule has 1 N–H and O–H groups in total. The van der Waals surface area contributed by atoms with E-state index in [9.17, 15) is 5.11 Å². The van der Waals surface area contributed by atoms with Crippen molar-refractivity contribution in [3.63, 3.8) is 0 Å². The Morgan fingerprint density at radius 1 is 0.667 bits per heavy atom. The minimum atomic E-state index is -0.923. The molecule has 0 unspecified atom stereocenters. The summed E-state index contributed by atoms with van der Waals surface area (Å²) < 4.78 is 24.0. The molecule has 0 heterocycles. The first-order chi connectivity index (χ1) is 19.2. The zero-order valence-corrected chi connectivity index (χ0v) is 22.3. The molecule has 4 aromatic rings. The predicted octanol–water partition coefficient (Wildman–Crippen LogP) is 6.46. The van der Waals surface area contributed by atoms with Crippen LogP contribution in [0.1, 0.15) is 22.3 Å². The lowest BCUT2D eigenvalue weighted by Gasteiger charge is -2.29. The van der Waals surface area contributed by atoms with E-state index in [-0.39, 0.29) is 6.61 Å². The fraction of sp³-hybridized carbons (Fsp3) is 0.235. The summed E-state index contributed by atoms with van der Waals surface area (Å²) in [6.07, 6.45) is 1.76. The molecule has 4 aromatic carbocycles. The van der Waals surface area contributed by atoms with E-state index in [4.69, 9.17) is 18.9 Å². The molecular formula is C34H36O5. The summed E-state index contributed by atoms with van der Waals surface area (Å²) in [6.45, 7) is 1.21. The van der Waals surface area contributed by atoms with Crippen LogP contribution in [-0.4, -0.2) is 37.1 Å². The summed E-state index contributed by atoms with van der Waals surface area (Å²) in [6, 6.07) is 37.6. The summed E-state index contributed by atoms with van der Waals surface area (Å²) in [5.41, 5.74) is 4.05. The van der Waals surface area contributed by atoms with E-state index in [2.05, 4.69) is 0 Å². The van der Waals surface area contributed by atoms with Gasteiger partial charge in [-0.15, -0.1) is 0 Å². The Hall–Kier alpha value is -3.74. The SMILES string of the molecule is COc1cccc(/C=C/[C@@H](OCc2ccccc2)[C@H](OCc2ccccc2)[C@H](O)COCc2ccccc2)c1. The second-order valence-corrected chi connectivity index (χ2v) is 9.23. The van der Waals surface area contributed by atoms with Crippen LogP contribution in [0.2, 0.25) is 0 Å². The van der Waals surface area contributed by atoms with Crippen molar-refractivity contribution in [2.45, 2.75) is 38.1 Å². The molecule has 202 valence electrons. The topological polar surface area (TPSA) is 57.2 Å². The zero-order valence-electron chi connectivity index (χ0n) is 22.3. The van der Waals surface area contributed by atoms with E-state index in [1.807, 2.05) is 127 Å². The first-order valence-electron chi connectivity index (χ1n) is 13.1. The number of ether oxygens (including phenoxy) is 4. The lowest BCUT2D eigenvalue weighted by Crippen LogP contribution is -2.42. The average molecular weight is 525 g/mol. The largest absolute Gasteiger partial charge is 0.497 e. The standard InChI is InChI=1S/C34H36O5/c1-36-31-19-11-18-27(22-31)20-21-33(38-24-29-14-7-3-8-15-29)34(39-25-30-16-9-4-10-17-30)32(35)26-37-23-28-12-5-2-6-13-28/h2-22,32-35H,23-26H2,1H3/b21-20+/t32-,33-,34-/m1/s1. The maximum Gasteiger partial charge on any atom is 0.119 e. The van der Waals surface area contributed by atoms with Crippen LogP contribution in [0.15, 0.2) is 121 Å². The highest BCUT2D eigenvalue weighted by molar-refractivity contribution is 5.52. The minimum Gasteiger partial charge on any atom is -0.497 e. The molecule has 0 aliphatic heterocycles. The Labute approximate surface area is 231 Å². The second-order valence-electron chi connectivity index (χ2n) is 9.23. The van der Waals surface area contributed by atoms with Gasteiger partial charge in [0.2, 0.25) is 0 Å². The third kappa shape index (κ3) is 9.50. The molecule has 0 fully saturated rings. The quantitative estimate of drug-likeness (QED) is 0.194. The van der Waals surface area contributed by atoms with Crippen LogP contribution in [0, 0.1) is 0 Å². The van der Waals surface area contributed by atoms with Gasteiger partial charge in [0.25, 0.3) is 0 Å². The van der Waals surface area contributed by atoms with Crippen molar-refractivity contribution in [1.29, 1.82) is 0 Å².